The van der Waals surface area contributed by atoms with E-state index in [2.05, 4.69) is 49.5 Å². The monoisotopic (exact) mass is 357 g/mol. The highest BCUT2D eigenvalue weighted by Gasteiger charge is 2.19. The van der Waals surface area contributed by atoms with E-state index in [-0.39, 0.29) is 17.2 Å². The van der Waals surface area contributed by atoms with Crippen molar-refractivity contribution in [1.82, 2.24) is 5.32 Å². The second-order valence-electron chi connectivity index (χ2n) is 6.27. The van der Waals surface area contributed by atoms with E-state index in [1.165, 1.54) is 5.56 Å². The molecule has 0 spiro atoms. The first-order valence-corrected chi connectivity index (χ1v) is 9.50. The van der Waals surface area contributed by atoms with Crippen LogP contribution in [0.4, 0.5) is 0 Å². The van der Waals surface area contributed by atoms with Gasteiger partial charge in [0.15, 0.2) is 0 Å². The quantitative estimate of drug-likeness (QED) is 0.704. The zero-order valence-corrected chi connectivity index (χ0v) is 16.4. The maximum atomic E-state index is 12.6. The van der Waals surface area contributed by atoms with Gasteiger partial charge in [-0.25, -0.2) is 0 Å². The van der Waals surface area contributed by atoms with Gasteiger partial charge in [-0.05, 0) is 56.5 Å². The standard InChI is InChI=1S/C21H27NO2S/c1-6-19(17-9-12-20(24-5)15(3)13-17)22-21(23)16(4)25-18-10-7-14(2)8-11-18/h7-13,16,19H,6H2,1-5H3,(H,22,23). The number of methoxy groups -OCH3 is 1. The lowest BCUT2D eigenvalue weighted by Gasteiger charge is -2.21. The predicted octanol–water partition coefficient (Wildman–Crippen LogP) is 5.06. The lowest BCUT2D eigenvalue weighted by Crippen LogP contribution is -2.34. The van der Waals surface area contributed by atoms with E-state index in [9.17, 15) is 4.79 Å². The second kappa shape index (κ2) is 8.95. The fourth-order valence-corrected chi connectivity index (χ4v) is 3.58. The SMILES string of the molecule is CCC(NC(=O)C(C)Sc1ccc(C)cc1)c1ccc(OC)c(C)c1. The van der Waals surface area contributed by atoms with Crippen molar-refractivity contribution >= 4 is 17.7 Å². The average molecular weight is 358 g/mol. The summed E-state index contributed by atoms with van der Waals surface area (Å²) in [6, 6.07) is 14.4. The maximum absolute atomic E-state index is 12.6. The van der Waals surface area contributed by atoms with Crippen LogP contribution in [0.1, 0.15) is 43.0 Å². The van der Waals surface area contributed by atoms with Crippen molar-refractivity contribution in [3.63, 3.8) is 0 Å². The molecule has 0 saturated carbocycles. The Balaban J connectivity index is 2.03. The van der Waals surface area contributed by atoms with Crippen LogP contribution < -0.4 is 10.1 Å². The number of amides is 1. The van der Waals surface area contributed by atoms with E-state index in [1.807, 2.05) is 26.0 Å². The van der Waals surface area contributed by atoms with Crippen molar-refractivity contribution in [2.45, 2.75) is 50.3 Å². The maximum Gasteiger partial charge on any atom is 0.233 e. The van der Waals surface area contributed by atoms with Gasteiger partial charge in [-0.3, -0.25) is 4.79 Å². The van der Waals surface area contributed by atoms with Crippen molar-refractivity contribution in [2.24, 2.45) is 0 Å². The van der Waals surface area contributed by atoms with Crippen LogP contribution >= 0.6 is 11.8 Å². The molecule has 0 fully saturated rings. The molecule has 0 bridgehead atoms. The third-order valence-electron chi connectivity index (χ3n) is 4.25. The van der Waals surface area contributed by atoms with Crippen LogP contribution in [0.25, 0.3) is 0 Å². The van der Waals surface area contributed by atoms with Crippen LogP contribution in [-0.4, -0.2) is 18.3 Å². The van der Waals surface area contributed by atoms with Crippen LogP contribution in [0.5, 0.6) is 5.75 Å². The zero-order valence-electron chi connectivity index (χ0n) is 15.6. The Kier molecular flexibility index (Phi) is 6.94. The number of carbonyl (C=O) groups is 1. The molecule has 134 valence electrons. The lowest BCUT2D eigenvalue weighted by molar-refractivity contribution is -0.121. The normalized spacial score (nSPS) is 13.2. The van der Waals surface area contributed by atoms with Crippen molar-refractivity contribution in [3.05, 3.63) is 59.2 Å². The number of benzene rings is 2. The van der Waals surface area contributed by atoms with Gasteiger partial charge in [-0.15, -0.1) is 11.8 Å². The molecule has 0 heterocycles. The van der Waals surface area contributed by atoms with Crippen LogP contribution in [0, 0.1) is 13.8 Å². The largest absolute Gasteiger partial charge is 0.496 e. The highest BCUT2D eigenvalue weighted by Crippen LogP contribution is 2.27. The average Bonchev–Trinajstić information content (AvgIpc) is 2.61. The highest BCUT2D eigenvalue weighted by molar-refractivity contribution is 8.00. The third kappa shape index (κ3) is 5.27. The van der Waals surface area contributed by atoms with Crippen molar-refractivity contribution in [2.75, 3.05) is 7.11 Å². The summed E-state index contributed by atoms with van der Waals surface area (Å²) in [4.78, 5) is 13.7. The number of hydrogen-bond acceptors (Lipinski definition) is 3. The summed E-state index contributed by atoms with van der Waals surface area (Å²) >= 11 is 1.59. The minimum Gasteiger partial charge on any atom is -0.496 e. The summed E-state index contributed by atoms with van der Waals surface area (Å²) in [5.74, 6) is 0.930. The minimum atomic E-state index is -0.142. The Morgan fingerprint density at radius 3 is 2.40 bits per heavy atom. The Bertz CT molecular complexity index is 712. The van der Waals surface area contributed by atoms with E-state index in [4.69, 9.17) is 4.74 Å². The number of thioether (sulfide) groups is 1. The van der Waals surface area contributed by atoms with Crippen molar-refractivity contribution < 1.29 is 9.53 Å². The molecule has 1 amide bonds. The molecule has 0 saturated heterocycles. The van der Waals surface area contributed by atoms with Gasteiger partial charge in [0.05, 0.1) is 18.4 Å². The molecule has 2 rings (SSSR count). The number of hydrogen-bond donors (Lipinski definition) is 1. The van der Waals surface area contributed by atoms with Crippen LogP contribution in [-0.2, 0) is 4.79 Å². The lowest BCUT2D eigenvalue weighted by atomic mass is 10.0. The number of ether oxygens (including phenoxy) is 1. The number of nitrogens with one attached hydrogen (secondary N) is 1. The van der Waals surface area contributed by atoms with E-state index >= 15 is 0 Å². The molecular formula is C21H27NO2S. The van der Waals surface area contributed by atoms with Crippen LogP contribution in [0.15, 0.2) is 47.4 Å². The molecule has 1 N–H and O–H groups in total. The molecule has 0 aliphatic carbocycles. The number of rotatable bonds is 7. The first-order valence-electron chi connectivity index (χ1n) is 8.62. The van der Waals surface area contributed by atoms with E-state index < -0.39 is 0 Å². The number of carbonyl (C=O) groups excluding carboxylic acids is 1. The summed E-state index contributed by atoms with van der Waals surface area (Å²) in [5, 5.41) is 3.04. The topological polar surface area (TPSA) is 38.3 Å². The molecule has 2 unspecified atom stereocenters. The molecule has 0 aliphatic rings. The highest BCUT2D eigenvalue weighted by atomic mass is 32.2. The van der Waals surface area contributed by atoms with E-state index in [0.717, 1.165) is 28.2 Å². The second-order valence-corrected chi connectivity index (χ2v) is 7.69. The Labute approximate surface area is 155 Å². The Morgan fingerprint density at radius 1 is 1.16 bits per heavy atom. The van der Waals surface area contributed by atoms with Gasteiger partial charge in [-0.2, -0.15) is 0 Å². The molecule has 0 aliphatic heterocycles. The molecular weight excluding hydrogens is 330 g/mol. The zero-order chi connectivity index (χ0) is 18.4. The minimum absolute atomic E-state index is 0.0122. The molecule has 25 heavy (non-hydrogen) atoms. The van der Waals surface area contributed by atoms with Crippen LogP contribution in [0.3, 0.4) is 0 Å². The summed E-state index contributed by atoms with van der Waals surface area (Å²) < 4.78 is 5.32. The van der Waals surface area contributed by atoms with Gasteiger partial charge in [0.2, 0.25) is 5.91 Å². The van der Waals surface area contributed by atoms with Gasteiger partial charge in [-0.1, -0.05) is 36.8 Å². The van der Waals surface area contributed by atoms with Gasteiger partial charge in [0.1, 0.15) is 5.75 Å². The number of aryl methyl sites for hydroxylation is 2. The fraction of sp³-hybridized carbons (Fsp3) is 0.381. The molecule has 2 aromatic carbocycles. The summed E-state index contributed by atoms with van der Waals surface area (Å²) in [7, 11) is 1.67. The van der Waals surface area contributed by atoms with E-state index in [1.54, 1.807) is 18.9 Å². The molecule has 2 aromatic rings. The van der Waals surface area contributed by atoms with Crippen molar-refractivity contribution in [1.29, 1.82) is 0 Å². The van der Waals surface area contributed by atoms with Gasteiger partial charge in [0, 0.05) is 4.90 Å². The molecule has 4 heteroatoms. The summed E-state index contributed by atoms with van der Waals surface area (Å²) in [6.45, 7) is 8.12. The van der Waals surface area contributed by atoms with Gasteiger partial charge >= 0.3 is 0 Å². The van der Waals surface area contributed by atoms with Gasteiger partial charge in [0.25, 0.3) is 0 Å². The Morgan fingerprint density at radius 2 is 1.84 bits per heavy atom. The molecule has 3 nitrogen and oxygen atoms in total. The Hall–Kier alpha value is -1.94. The summed E-state index contributed by atoms with van der Waals surface area (Å²) in [6.07, 6.45) is 0.847. The van der Waals surface area contributed by atoms with Gasteiger partial charge < -0.3 is 10.1 Å². The molecule has 0 radical (unpaired) electrons. The fourth-order valence-electron chi connectivity index (χ4n) is 2.70. The smallest absolute Gasteiger partial charge is 0.233 e. The first-order chi connectivity index (χ1) is 11.9. The van der Waals surface area contributed by atoms with Crippen molar-refractivity contribution in [3.8, 4) is 5.75 Å². The predicted molar refractivity (Wildman–Crippen MR) is 105 cm³/mol. The third-order valence-corrected chi connectivity index (χ3v) is 5.36. The van der Waals surface area contributed by atoms with E-state index in [0.29, 0.717) is 0 Å². The molecule has 2 atom stereocenters. The molecule has 0 aromatic heterocycles. The summed E-state index contributed by atoms with van der Waals surface area (Å²) in [5.41, 5.74) is 3.42. The van der Waals surface area contributed by atoms with Crippen LogP contribution in [0.2, 0.25) is 0 Å². The first kappa shape index (κ1) is 19.4.